The largest absolute Gasteiger partial charge is 0.573 e. The van der Waals surface area contributed by atoms with Crippen LogP contribution in [-0.4, -0.2) is 26.1 Å². The third-order valence-corrected chi connectivity index (χ3v) is 5.02. The van der Waals surface area contributed by atoms with E-state index < -0.39 is 6.36 Å². The molecule has 0 spiro atoms. The number of nitrogens with zero attached hydrogens (tertiary/aromatic N) is 4. The zero-order valence-corrected chi connectivity index (χ0v) is 15.5. The van der Waals surface area contributed by atoms with E-state index in [-0.39, 0.29) is 5.75 Å². The number of hydrogen-bond donors (Lipinski definition) is 0. The summed E-state index contributed by atoms with van der Waals surface area (Å²) in [5.41, 5.74) is 1.27. The Hall–Kier alpha value is -2.91. The molecule has 4 rings (SSSR count). The number of benzene rings is 1. The SMILES string of the molecule is FC(F)(F)Oc1ccc(-n2nc(-c3ccncc3)nc2-c2sccc2Cl)cc1. The molecule has 0 atom stereocenters. The molecule has 0 saturated carbocycles. The molecule has 0 aliphatic carbocycles. The Morgan fingerprint density at radius 2 is 1.71 bits per heavy atom. The van der Waals surface area contributed by atoms with Crippen LogP contribution in [0.4, 0.5) is 13.2 Å². The molecule has 0 N–H and O–H groups in total. The number of alkyl halides is 3. The summed E-state index contributed by atoms with van der Waals surface area (Å²) >= 11 is 7.65. The van der Waals surface area contributed by atoms with Gasteiger partial charge in [0.25, 0.3) is 0 Å². The van der Waals surface area contributed by atoms with Crippen LogP contribution in [0, 0.1) is 0 Å². The van der Waals surface area contributed by atoms with Gasteiger partial charge in [-0.2, -0.15) is 0 Å². The molecule has 0 aliphatic heterocycles. The first-order valence-corrected chi connectivity index (χ1v) is 9.13. The fraction of sp³-hybridized carbons (Fsp3) is 0.0556. The van der Waals surface area contributed by atoms with E-state index in [1.54, 1.807) is 30.6 Å². The summed E-state index contributed by atoms with van der Waals surface area (Å²) in [4.78, 5) is 9.25. The monoisotopic (exact) mass is 422 g/mol. The summed E-state index contributed by atoms with van der Waals surface area (Å²) in [6, 6.07) is 10.6. The van der Waals surface area contributed by atoms with Gasteiger partial charge in [0, 0.05) is 18.0 Å². The second kappa shape index (κ2) is 7.25. The fourth-order valence-corrected chi connectivity index (χ4v) is 3.62. The van der Waals surface area contributed by atoms with E-state index in [4.69, 9.17) is 11.6 Å². The molecule has 0 radical (unpaired) electrons. The quantitative estimate of drug-likeness (QED) is 0.429. The second-order valence-electron chi connectivity index (χ2n) is 5.55. The van der Waals surface area contributed by atoms with E-state index >= 15 is 0 Å². The summed E-state index contributed by atoms with van der Waals surface area (Å²) in [6.07, 6.45) is -1.51. The highest BCUT2D eigenvalue weighted by Gasteiger charge is 2.31. The van der Waals surface area contributed by atoms with Crippen molar-refractivity contribution in [3.05, 3.63) is 65.3 Å². The van der Waals surface area contributed by atoms with E-state index in [2.05, 4.69) is 19.8 Å². The Bertz CT molecular complexity index is 1090. The average molecular weight is 423 g/mol. The molecule has 0 aliphatic rings. The van der Waals surface area contributed by atoms with Gasteiger partial charge in [0.2, 0.25) is 0 Å². The van der Waals surface area contributed by atoms with Gasteiger partial charge in [0.05, 0.1) is 15.6 Å². The van der Waals surface area contributed by atoms with Crippen LogP contribution < -0.4 is 4.74 Å². The molecule has 5 nitrogen and oxygen atoms in total. The molecule has 28 heavy (non-hydrogen) atoms. The fourth-order valence-electron chi connectivity index (χ4n) is 2.50. The van der Waals surface area contributed by atoms with E-state index in [1.165, 1.54) is 40.3 Å². The van der Waals surface area contributed by atoms with Gasteiger partial charge in [0.15, 0.2) is 11.6 Å². The van der Waals surface area contributed by atoms with Crippen molar-refractivity contribution in [2.24, 2.45) is 0 Å². The number of hydrogen-bond acceptors (Lipinski definition) is 5. The van der Waals surface area contributed by atoms with Crippen molar-refractivity contribution >= 4 is 22.9 Å². The molecule has 0 bridgehead atoms. The van der Waals surface area contributed by atoms with E-state index in [0.717, 1.165) is 5.56 Å². The van der Waals surface area contributed by atoms with Crippen molar-refractivity contribution in [2.45, 2.75) is 6.36 Å². The Balaban J connectivity index is 1.79. The molecule has 10 heteroatoms. The van der Waals surface area contributed by atoms with Crippen molar-refractivity contribution in [1.82, 2.24) is 19.7 Å². The first kappa shape index (κ1) is 18.5. The molecule has 0 unspecified atom stereocenters. The van der Waals surface area contributed by atoms with Crippen molar-refractivity contribution in [3.63, 3.8) is 0 Å². The Morgan fingerprint density at radius 3 is 2.32 bits per heavy atom. The Kier molecular flexibility index (Phi) is 4.78. The minimum absolute atomic E-state index is 0.318. The maximum atomic E-state index is 12.4. The maximum Gasteiger partial charge on any atom is 0.573 e. The second-order valence-corrected chi connectivity index (χ2v) is 6.87. The molecule has 4 aromatic rings. The van der Waals surface area contributed by atoms with Crippen LogP contribution in [0.5, 0.6) is 5.75 Å². The maximum absolute atomic E-state index is 12.4. The lowest BCUT2D eigenvalue weighted by molar-refractivity contribution is -0.274. The van der Waals surface area contributed by atoms with E-state index in [1.807, 2.05) is 5.38 Å². The molecular formula is C18H10ClF3N4OS. The number of aromatic nitrogens is 4. The van der Waals surface area contributed by atoms with E-state index in [9.17, 15) is 13.2 Å². The molecule has 3 heterocycles. The van der Waals surface area contributed by atoms with Gasteiger partial charge in [-0.05, 0) is 47.8 Å². The summed E-state index contributed by atoms with van der Waals surface area (Å²) in [5, 5.41) is 6.85. The van der Waals surface area contributed by atoms with Gasteiger partial charge >= 0.3 is 6.36 Å². The predicted octanol–water partition coefficient (Wildman–Crippen LogP) is 5.61. The van der Waals surface area contributed by atoms with Gasteiger partial charge in [-0.3, -0.25) is 4.98 Å². The third-order valence-electron chi connectivity index (χ3n) is 3.68. The molecule has 0 saturated heterocycles. The van der Waals surface area contributed by atoms with Crippen LogP contribution in [0.1, 0.15) is 0 Å². The smallest absolute Gasteiger partial charge is 0.406 e. The van der Waals surface area contributed by atoms with Crippen molar-refractivity contribution in [1.29, 1.82) is 0 Å². The van der Waals surface area contributed by atoms with Crippen LogP contribution in [0.2, 0.25) is 5.02 Å². The first-order chi connectivity index (χ1) is 13.4. The minimum Gasteiger partial charge on any atom is -0.406 e. The van der Waals surface area contributed by atoms with Gasteiger partial charge in [-0.25, -0.2) is 9.67 Å². The van der Waals surface area contributed by atoms with Crippen LogP contribution in [-0.2, 0) is 0 Å². The predicted molar refractivity (Wildman–Crippen MR) is 99.6 cm³/mol. The third kappa shape index (κ3) is 3.85. The highest BCUT2D eigenvalue weighted by atomic mass is 35.5. The normalized spacial score (nSPS) is 11.6. The summed E-state index contributed by atoms with van der Waals surface area (Å²) in [6.45, 7) is 0. The van der Waals surface area contributed by atoms with Crippen LogP contribution in [0.15, 0.2) is 60.2 Å². The molecule has 0 amide bonds. The number of rotatable bonds is 4. The summed E-state index contributed by atoms with van der Waals surface area (Å²) < 4.78 is 42.6. The zero-order chi connectivity index (χ0) is 19.7. The van der Waals surface area contributed by atoms with Gasteiger partial charge in [-0.15, -0.1) is 29.6 Å². The molecular weight excluding hydrogens is 413 g/mol. The van der Waals surface area contributed by atoms with Crippen LogP contribution in [0.25, 0.3) is 27.8 Å². The molecule has 142 valence electrons. The van der Waals surface area contributed by atoms with Gasteiger partial charge in [0.1, 0.15) is 5.75 Å². The summed E-state index contributed by atoms with van der Waals surface area (Å²) in [7, 11) is 0. The topological polar surface area (TPSA) is 52.8 Å². The molecule has 0 fully saturated rings. The van der Waals surface area contributed by atoms with Gasteiger partial charge < -0.3 is 4.74 Å². The van der Waals surface area contributed by atoms with Crippen LogP contribution >= 0.6 is 22.9 Å². The van der Waals surface area contributed by atoms with Crippen molar-refractivity contribution in [3.8, 4) is 33.5 Å². The first-order valence-electron chi connectivity index (χ1n) is 7.88. The van der Waals surface area contributed by atoms with Gasteiger partial charge in [-0.1, -0.05) is 11.6 Å². The van der Waals surface area contributed by atoms with E-state index in [0.29, 0.717) is 27.2 Å². The molecule has 1 aromatic carbocycles. The number of ether oxygens (including phenoxy) is 1. The summed E-state index contributed by atoms with van der Waals surface area (Å²) in [5.74, 6) is 0.607. The number of pyridine rings is 1. The minimum atomic E-state index is -4.75. The molecule has 3 aromatic heterocycles. The Labute approximate surface area is 166 Å². The average Bonchev–Trinajstić information content (AvgIpc) is 3.28. The lowest BCUT2D eigenvalue weighted by atomic mass is 10.2. The lowest BCUT2D eigenvalue weighted by Crippen LogP contribution is -2.17. The lowest BCUT2D eigenvalue weighted by Gasteiger charge is -2.10. The number of thiophene rings is 1. The Morgan fingerprint density at radius 1 is 1.00 bits per heavy atom. The number of halogens is 4. The highest BCUT2D eigenvalue weighted by Crippen LogP contribution is 2.35. The zero-order valence-electron chi connectivity index (χ0n) is 13.9. The van der Waals surface area contributed by atoms with Crippen molar-refractivity contribution in [2.75, 3.05) is 0 Å². The van der Waals surface area contributed by atoms with Crippen molar-refractivity contribution < 1.29 is 17.9 Å². The van der Waals surface area contributed by atoms with Crippen LogP contribution in [0.3, 0.4) is 0 Å². The highest BCUT2D eigenvalue weighted by molar-refractivity contribution is 7.14. The standard InChI is InChI=1S/C18H10ClF3N4OS/c19-14-7-10-28-15(14)17-24-16(11-5-8-23-9-6-11)25-26(17)12-1-3-13(4-2-12)27-18(20,21)22/h1-10H.